The topological polar surface area (TPSA) is 68.3 Å². The number of nitrogens with one attached hydrogen (secondary N) is 1. The number of benzene rings is 1. The zero-order chi connectivity index (χ0) is 15.3. The van der Waals surface area contributed by atoms with Crippen molar-refractivity contribution in [3.05, 3.63) is 60.4 Å². The lowest BCUT2D eigenvalue weighted by molar-refractivity contribution is 0.132. The maximum Gasteiger partial charge on any atom is 0.242 e. The molecule has 0 unspecified atom stereocenters. The smallest absolute Gasteiger partial charge is 0.242 e. The van der Waals surface area contributed by atoms with Gasteiger partial charge in [-0.2, -0.15) is 4.72 Å². The Kier molecular flexibility index (Phi) is 4.72. The van der Waals surface area contributed by atoms with Gasteiger partial charge in [0.2, 0.25) is 10.0 Å². The van der Waals surface area contributed by atoms with Crippen LogP contribution in [0.5, 0.6) is 0 Å². The van der Waals surface area contributed by atoms with Crippen molar-refractivity contribution in [2.75, 3.05) is 13.7 Å². The van der Waals surface area contributed by atoms with Gasteiger partial charge in [-0.15, -0.1) is 0 Å². The lowest BCUT2D eigenvalue weighted by Gasteiger charge is -2.30. The van der Waals surface area contributed by atoms with E-state index in [1.807, 2.05) is 30.3 Å². The first-order valence-electron chi connectivity index (χ1n) is 6.46. The van der Waals surface area contributed by atoms with Crippen LogP contribution in [0, 0.1) is 0 Å². The Balaban J connectivity index is 2.37. The molecule has 6 heteroatoms. The van der Waals surface area contributed by atoms with Gasteiger partial charge in [-0.1, -0.05) is 30.3 Å². The largest absolute Gasteiger partial charge is 0.382 e. The van der Waals surface area contributed by atoms with E-state index in [1.165, 1.54) is 18.5 Å². The van der Waals surface area contributed by atoms with Crippen molar-refractivity contribution < 1.29 is 13.2 Å². The van der Waals surface area contributed by atoms with Crippen molar-refractivity contribution >= 4 is 10.0 Å². The minimum Gasteiger partial charge on any atom is -0.382 e. The van der Waals surface area contributed by atoms with Gasteiger partial charge in [-0.3, -0.25) is 4.98 Å². The molecular formula is C15H18N2O3S. The normalized spacial score (nSPS) is 14.6. The van der Waals surface area contributed by atoms with E-state index in [0.717, 1.165) is 5.56 Å². The molecule has 1 atom stereocenters. The molecule has 2 rings (SSSR count). The summed E-state index contributed by atoms with van der Waals surface area (Å²) >= 11 is 0. The molecule has 5 nitrogen and oxygen atoms in total. The lowest BCUT2D eigenvalue weighted by Crippen LogP contribution is -2.46. The summed E-state index contributed by atoms with van der Waals surface area (Å²) in [4.78, 5) is 3.98. The summed E-state index contributed by atoms with van der Waals surface area (Å²) in [6.45, 7) is 2.01. The Morgan fingerprint density at radius 3 is 2.48 bits per heavy atom. The standard InChI is InChI=1S/C15H18N2O3S/c1-15(12-20-2,13-7-4-3-5-8-13)17-21(18,19)14-9-6-10-16-11-14/h3-11,17H,12H2,1-2H3/t15-/m1/s1. The van der Waals surface area contributed by atoms with E-state index in [-0.39, 0.29) is 11.5 Å². The van der Waals surface area contributed by atoms with Crippen LogP contribution >= 0.6 is 0 Å². The molecule has 0 fully saturated rings. The number of methoxy groups -OCH3 is 1. The van der Waals surface area contributed by atoms with Crippen molar-refractivity contribution in [3.8, 4) is 0 Å². The lowest BCUT2D eigenvalue weighted by atomic mass is 9.94. The van der Waals surface area contributed by atoms with Crippen molar-refractivity contribution in [3.63, 3.8) is 0 Å². The molecule has 0 aliphatic carbocycles. The van der Waals surface area contributed by atoms with E-state index in [4.69, 9.17) is 4.74 Å². The van der Waals surface area contributed by atoms with Crippen LogP contribution in [0.3, 0.4) is 0 Å². The molecule has 0 saturated carbocycles. The van der Waals surface area contributed by atoms with Crippen LogP contribution < -0.4 is 4.72 Å². The molecule has 0 radical (unpaired) electrons. The summed E-state index contributed by atoms with van der Waals surface area (Å²) in [6.07, 6.45) is 2.85. The van der Waals surface area contributed by atoms with E-state index in [9.17, 15) is 8.42 Å². The minimum absolute atomic E-state index is 0.128. The third kappa shape index (κ3) is 3.66. The van der Waals surface area contributed by atoms with E-state index in [2.05, 4.69) is 9.71 Å². The summed E-state index contributed by atoms with van der Waals surface area (Å²) < 4.78 is 32.9. The van der Waals surface area contributed by atoms with Gasteiger partial charge < -0.3 is 4.74 Å². The number of sulfonamides is 1. The second kappa shape index (κ2) is 6.34. The van der Waals surface area contributed by atoms with E-state index >= 15 is 0 Å². The number of aromatic nitrogens is 1. The summed E-state index contributed by atoms with van der Waals surface area (Å²) in [7, 11) is -2.14. The molecule has 1 aromatic heterocycles. The van der Waals surface area contributed by atoms with Crippen LogP contribution in [0.2, 0.25) is 0 Å². The number of rotatable bonds is 6. The van der Waals surface area contributed by atoms with Crippen molar-refractivity contribution in [2.45, 2.75) is 17.4 Å². The van der Waals surface area contributed by atoms with Gasteiger partial charge in [-0.05, 0) is 24.6 Å². The molecule has 21 heavy (non-hydrogen) atoms. The van der Waals surface area contributed by atoms with Crippen LogP contribution in [-0.2, 0) is 20.3 Å². The minimum atomic E-state index is -3.68. The van der Waals surface area contributed by atoms with Crippen LogP contribution in [0.1, 0.15) is 12.5 Å². The number of nitrogens with zero attached hydrogens (tertiary/aromatic N) is 1. The Labute approximate surface area is 125 Å². The molecule has 0 bridgehead atoms. The second-order valence-corrected chi connectivity index (χ2v) is 6.61. The summed E-state index contributed by atoms with van der Waals surface area (Å²) in [6, 6.07) is 12.4. The second-order valence-electron chi connectivity index (χ2n) is 4.93. The monoisotopic (exact) mass is 306 g/mol. The first-order chi connectivity index (χ1) is 9.98. The molecule has 112 valence electrons. The summed E-state index contributed by atoms with van der Waals surface area (Å²) in [5, 5.41) is 0. The van der Waals surface area contributed by atoms with E-state index in [0.29, 0.717) is 0 Å². The maximum absolute atomic E-state index is 12.5. The van der Waals surface area contributed by atoms with Crippen LogP contribution in [-0.4, -0.2) is 27.1 Å². The molecule has 0 aliphatic heterocycles. The average molecular weight is 306 g/mol. The van der Waals surface area contributed by atoms with Crippen LogP contribution in [0.15, 0.2) is 59.8 Å². The fraction of sp³-hybridized carbons (Fsp3) is 0.267. The van der Waals surface area contributed by atoms with Crippen LogP contribution in [0.25, 0.3) is 0 Å². The SMILES string of the molecule is COC[C@@](C)(NS(=O)(=O)c1cccnc1)c1ccccc1. The van der Waals surface area contributed by atoms with Crippen molar-refractivity contribution in [2.24, 2.45) is 0 Å². The van der Waals surface area contributed by atoms with Crippen molar-refractivity contribution in [1.82, 2.24) is 9.71 Å². The number of hydrogen-bond donors (Lipinski definition) is 1. The molecule has 0 aliphatic rings. The Bertz CT molecular complexity index is 675. The molecule has 0 spiro atoms. The van der Waals surface area contributed by atoms with Gasteiger partial charge in [0.05, 0.1) is 12.1 Å². The van der Waals surface area contributed by atoms with Gasteiger partial charge in [-0.25, -0.2) is 8.42 Å². The molecule has 1 heterocycles. The fourth-order valence-corrected chi connectivity index (χ4v) is 3.47. The van der Waals surface area contributed by atoms with Crippen molar-refractivity contribution in [1.29, 1.82) is 0 Å². The Hall–Kier alpha value is -1.76. The van der Waals surface area contributed by atoms with Gasteiger partial charge >= 0.3 is 0 Å². The first kappa shape index (κ1) is 15.6. The third-order valence-corrected chi connectivity index (χ3v) is 4.73. The number of ether oxygens (including phenoxy) is 1. The highest BCUT2D eigenvalue weighted by Crippen LogP contribution is 2.23. The molecule has 0 saturated heterocycles. The summed E-state index contributed by atoms with van der Waals surface area (Å²) in [5.41, 5.74) is -0.0238. The summed E-state index contributed by atoms with van der Waals surface area (Å²) in [5.74, 6) is 0. The third-order valence-electron chi connectivity index (χ3n) is 3.15. The zero-order valence-electron chi connectivity index (χ0n) is 12.0. The number of pyridine rings is 1. The molecule has 1 N–H and O–H groups in total. The fourth-order valence-electron chi connectivity index (χ4n) is 2.13. The molecule has 1 aromatic carbocycles. The Morgan fingerprint density at radius 1 is 1.19 bits per heavy atom. The highest BCUT2D eigenvalue weighted by atomic mass is 32.2. The maximum atomic E-state index is 12.5. The van der Waals surface area contributed by atoms with Gasteiger partial charge in [0, 0.05) is 19.5 Å². The van der Waals surface area contributed by atoms with Gasteiger partial charge in [0.1, 0.15) is 4.90 Å². The molecular weight excluding hydrogens is 288 g/mol. The number of hydrogen-bond acceptors (Lipinski definition) is 4. The van der Waals surface area contributed by atoms with Crippen LogP contribution in [0.4, 0.5) is 0 Å². The highest BCUT2D eigenvalue weighted by molar-refractivity contribution is 7.89. The highest BCUT2D eigenvalue weighted by Gasteiger charge is 2.32. The first-order valence-corrected chi connectivity index (χ1v) is 7.95. The predicted molar refractivity (Wildman–Crippen MR) is 80.2 cm³/mol. The molecule has 2 aromatic rings. The van der Waals surface area contributed by atoms with E-state index < -0.39 is 15.6 Å². The predicted octanol–water partition coefficient (Wildman–Crippen LogP) is 1.92. The average Bonchev–Trinajstić information content (AvgIpc) is 2.49. The van der Waals surface area contributed by atoms with Gasteiger partial charge in [0.15, 0.2) is 0 Å². The zero-order valence-corrected chi connectivity index (χ0v) is 12.8. The van der Waals surface area contributed by atoms with E-state index in [1.54, 1.807) is 20.1 Å². The van der Waals surface area contributed by atoms with Gasteiger partial charge in [0.25, 0.3) is 0 Å². The molecule has 0 amide bonds. The quantitative estimate of drug-likeness (QED) is 0.885. The Morgan fingerprint density at radius 2 is 1.90 bits per heavy atom.